The lowest BCUT2D eigenvalue weighted by Gasteiger charge is -2.34. The standard InChI is InChI=1S/C16H23N3O2/c20-16(14-10-15(21-18-14)12-3-4-12)19-8-5-11(6-9-19)13-2-1-7-17-13/h10-13,17H,1-9H2/t13-/m1/s1. The number of hydrogen-bond donors (Lipinski definition) is 1. The van der Waals surface area contributed by atoms with Crippen molar-refractivity contribution in [2.45, 2.75) is 50.5 Å². The second-order valence-electron chi connectivity index (χ2n) is 6.72. The molecule has 4 rings (SSSR count). The summed E-state index contributed by atoms with van der Waals surface area (Å²) in [6.45, 7) is 2.87. The summed E-state index contributed by atoms with van der Waals surface area (Å²) in [6, 6.07) is 2.53. The number of aromatic nitrogens is 1. The third-order valence-electron chi connectivity index (χ3n) is 5.22. The van der Waals surface area contributed by atoms with Crippen molar-refractivity contribution in [3.63, 3.8) is 0 Å². The second kappa shape index (κ2) is 5.44. The smallest absolute Gasteiger partial charge is 0.276 e. The lowest BCUT2D eigenvalue weighted by Crippen LogP contribution is -2.43. The van der Waals surface area contributed by atoms with Gasteiger partial charge >= 0.3 is 0 Å². The Bertz CT molecular complexity index is 509. The Labute approximate surface area is 125 Å². The van der Waals surface area contributed by atoms with Crippen LogP contribution in [0.3, 0.4) is 0 Å². The monoisotopic (exact) mass is 289 g/mol. The van der Waals surface area contributed by atoms with Gasteiger partial charge in [0.1, 0.15) is 5.76 Å². The molecule has 0 spiro atoms. The van der Waals surface area contributed by atoms with Crippen LogP contribution >= 0.6 is 0 Å². The van der Waals surface area contributed by atoms with E-state index in [4.69, 9.17) is 4.52 Å². The molecule has 0 bridgehead atoms. The highest BCUT2D eigenvalue weighted by Gasteiger charge is 2.32. The minimum Gasteiger partial charge on any atom is -0.360 e. The van der Waals surface area contributed by atoms with Gasteiger partial charge in [-0.05, 0) is 51.0 Å². The summed E-state index contributed by atoms with van der Waals surface area (Å²) in [7, 11) is 0. The van der Waals surface area contributed by atoms with Gasteiger partial charge in [-0.15, -0.1) is 0 Å². The summed E-state index contributed by atoms with van der Waals surface area (Å²) >= 11 is 0. The van der Waals surface area contributed by atoms with Gasteiger partial charge in [0.15, 0.2) is 5.69 Å². The number of nitrogens with zero attached hydrogens (tertiary/aromatic N) is 2. The van der Waals surface area contributed by atoms with E-state index in [-0.39, 0.29) is 5.91 Å². The van der Waals surface area contributed by atoms with E-state index in [9.17, 15) is 4.79 Å². The highest BCUT2D eigenvalue weighted by atomic mass is 16.5. The molecule has 2 saturated heterocycles. The van der Waals surface area contributed by atoms with Crippen LogP contribution in [0.1, 0.15) is 60.7 Å². The fourth-order valence-corrected chi connectivity index (χ4v) is 3.73. The van der Waals surface area contributed by atoms with E-state index in [1.165, 1.54) is 25.7 Å². The Hall–Kier alpha value is -1.36. The zero-order valence-corrected chi connectivity index (χ0v) is 12.4. The van der Waals surface area contributed by atoms with Crippen molar-refractivity contribution in [2.24, 2.45) is 5.92 Å². The molecule has 5 nitrogen and oxygen atoms in total. The van der Waals surface area contributed by atoms with E-state index in [2.05, 4.69) is 10.5 Å². The van der Waals surface area contributed by atoms with E-state index in [1.807, 2.05) is 11.0 Å². The van der Waals surface area contributed by atoms with E-state index in [0.29, 0.717) is 17.7 Å². The van der Waals surface area contributed by atoms with Gasteiger partial charge in [0.2, 0.25) is 0 Å². The number of amides is 1. The van der Waals surface area contributed by atoms with Gasteiger partial charge in [0.25, 0.3) is 5.91 Å². The quantitative estimate of drug-likeness (QED) is 0.926. The van der Waals surface area contributed by atoms with Crippen LogP contribution < -0.4 is 5.32 Å². The molecule has 1 aromatic heterocycles. The molecule has 1 atom stereocenters. The second-order valence-corrected chi connectivity index (χ2v) is 6.72. The van der Waals surface area contributed by atoms with E-state index < -0.39 is 0 Å². The first kappa shape index (κ1) is 13.3. The van der Waals surface area contributed by atoms with Crippen LogP contribution in [-0.2, 0) is 0 Å². The molecule has 1 N–H and O–H groups in total. The van der Waals surface area contributed by atoms with Crippen molar-refractivity contribution >= 4 is 5.91 Å². The lowest BCUT2D eigenvalue weighted by atomic mass is 9.88. The molecule has 3 aliphatic rings. The predicted octanol–water partition coefficient (Wildman–Crippen LogP) is 2.16. The SMILES string of the molecule is O=C(c1cc(C2CC2)on1)N1CCC([C@H]2CCCN2)CC1. The van der Waals surface area contributed by atoms with Gasteiger partial charge in [-0.1, -0.05) is 5.16 Å². The van der Waals surface area contributed by atoms with E-state index in [0.717, 1.165) is 44.2 Å². The maximum atomic E-state index is 12.5. The zero-order chi connectivity index (χ0) is 14.2. The third kappa shape index (κ3) is 2.71. The van der Waals surface area contributed by atoms with Crippen molar-refractivity contribution in [3.8, 4) is 0 Å². The summed E-state index contributed by atoms with van der Waals surface area (Å²) in [5.41, 5.74) is 0.495. The van der Waals surface area contributed by atoms with Crippen molar-refractivity contribution < 1.29 is 9.32 Å². The number of nitrogens with one attached hydrogen (secondary N) is 1. The van der Waals surface area contributed by atoms with E-state index in [1.54, 1.807) is 0 Å². The van der Waals surface area contributed by atoms with Gasteiger partial charge in [-0.3, -0.25) is 4.79 Å². The molecular weight excluding hydrogens is 266 g/mol. The van der Waals surface area contributed by atoms with Crippen LogP contribution in [-0.4, -0.2) is 41.6 Å². The average Bonchev–Trinajstić information content (AvgIpc) is 3.05. The number of carbonyl (C=O) groups excluding carboxylic acids is 1. The van der Waals surface area contributed by atoms with Gasteiger partial charge in [-0.25, -0.2) is 0 Å². The molecule has 0 unspecified atom stereocenters. The first-order valence-corrected chi connectivity index (χ1v) is 8.30. The third-order valence-corrected chi connectivity index (χ3v) is 5.22. The minimum absolute atomic E-state index is 0.0449. The molecule has 21 heavy (non-hydrogen) atoms. The molecule has 1 aromatic rings. The fourth-order valence-electron chi connectivity index (χ4n) is 3.73. The number of carbonyl (C=O) groups is 1. The minimum atomic E-state index is 0.0449. The Morgan fingerprint density at radius 3 is 2.71 bits per heavy atom. The molecule has 1 saturated carbocycles. The van der Waals surface area contributed by atoms with Crippen LogP contribution in [0.25, 0.3) is 0 Å². The number of rotatable bonds is 3. The summed E-state index contributed by atoms with van der Waals surface area (Å²) < 4.78 is 5.30. The molecule has 0 radical (unpaired) electrons. The van der Waals surface area contributed by atoms with Crippen molar-refractivity contribution in [1.82, 2.24) is 15.4 Å². The van der Waals surface area contributed by atoms with Crippen LogP contribution in [0.2, 0.25) is 0 Å². The molecule has 5 heteroatoms. The lowest BCUT2D eigenvalue weighted by molar-refractivity contribution is 0.0664. The normalized spacial score (nSPS) is 27.2. The van der Waals surface area contributed by atoms with Crippen molar-refractivity contribution in [3.05, 3.63) is 17.5 Å². The first-order chi connectivity index (χ1) is 10.3. The summed E-state index contributed by atoms with van der Waals surface area (Å²) in [6.07, 6.45) is 7.15. The summed E-state index contributed by atoms with van der Waals surface area (Å²) in [5.74, 6) is 2.18. The van der Waals surface area contributed by atoms with Gasteiger partial charge in [-0.2, -0.15) is 0 Å². The van der Waals surface area contributed by atoms with E-state index >= 15 is 0 Å². The number of likely N-dealkylation sites (tertiary alicyclic amines) is 1. The molecule has 1 aliphatic carbocycles. The van der Waals surface area contributed by atoms with Crippen molar-refractivity contribution in [1.29, 1.82) is 0 Å². The zero-order valence-electron chi connectivity index (χ0n) is 12.4. The fraction of sp³-hybridized carbons (Fsp3) is 0.750. The number of hydrogen-bond acceptors (Lipinski definition) is 4. The molecule has 2 aliphatic heterocycles. The Kier molecular flexibility index (Phi) is 3.45. The number of piperidine rings is 1. The molecule has 1 amide bonds. The largest absolute Gasteiger partial charge is 0.360 e. The van der Waals surface area contributed by atoms with Crippen LogP contribution in [0.4, 0.5) is 0 Å². The summed E-state index contributed by atoms with van der Waals surface area (Å²) in [4.78, 5) is 14.4. The first-order valence-electron chi connectivity index (χ1n) is 8.30. The van der Waals surface area contributed by atoms with Crippen LogP contribution in [0, 0.1) is 5.92 Å². The van der Waals surface area contributed by atoms with Gasteiger partial charge in [0, 0.05) is 31.1 Å². The van der Waals surface area contributed by atoms with Gasteiger partial charge in [0.05, 0.1) is 0 Å². The Morgan fingerprint density at radius 1 is 1.24 bits per heavy atom. The van der Waals surface area contributed by atoms with Gasteiger partial charge < -0.3 is 14.7 Å². The molecule has 3 heterocycles. The average molecular weight is 289 g/mol. The van der Waals surface area contributed by atoms with Crippen LogP contribution in [0.15, 0.2) is 10.6 Å². The maximum absolute atomic E-state index is 12.5. The highest BCUT2D eigenvalue weighted by molar-refractivity contribution is 5.92. The highest BCUT2D eigenvalue weighted by Crippen LogP contribution is 2.40. The Balaban J connectivity index is 1.35. The summed E-state index contributed by atoms with van der Waals surface area (Å²) in [5, 5.41) is 7.56. The topological polar surface area (TPSA) is 58.4 Å². The molecular formula is C16H23N3O2. The molecule has 114 valence electrons. The van der Waals surface area contributed by atoms with Crippen molar-refractivity contribution in [2.75, 3.05) is 19.6 Å². The maximum Gasteiger partial charge on any atom is 0.276 e. The van der Waals surface area contributed by atoms with Crippen LogP contribution in [0.5, 0.6) is 0 Å². The Morgan fingerprint density at radius 2 is 2.05 bits per heavy atom. The molecule has 3 fully saturated rings. The predicted molar refractivity (Wildman–Crippen MR) is 78.1 cm³/mol. The molecule has 0 aromatic carbocycles.